The van der Waals surface area contributed by atoms with E-state index in [4.69, 9.17) is 10.5 Å². The number of unbranched alkanes of at least 4 members (excludes halogenated alkanes) is 9. The summed E-state index contributed by atoms with van der Waals surface area (Å²) < 4.78 is 4.97. The number of carbonyl (C=O) groups excluding carboxylic acids is 1. The van der Waals surface area contributed by atoms with Gasteiger partial charge < -0.3 is 16.6 Å². The summed E-state index contributed by atoms with van der Waals surface area (Å²) in [6.45, 7) is 4.93. The van der Waals surface area contributed by atoms with Crippen LogP contribution in [0.2, 0.25) is 0 Å². The number of esters is 1. The molecule has 1 atom stereocenters. The second kappa shape index (κ2) is 16.3. The predicted octanol–water partition coefficient (Wildman–Crippen LogP) is 5.38. The van der Waals surface area contributed by atoms with E-state index in [1.807, 2.05) is 6.92 Å². The van der Waals surface area contributed by atoms with E-state index < -0.39 is 0 Å². The Bertz CT molecular complexity index is 272. The van der Waals surface area contributed by atoms with Gasteiger partial charge in [0.05, 0.1) is 12.5 Å². The number of nitrogens with two attached hydrogens (primary N) is 1. The molecule has 0 heterocycles. The first kappa shape index (κ1) is 24.6. The van der Waals surface area contributed by atoms with Crippen LogP contribution in [0.15, 0.2) is 0 Å². The Morgan fingerprint density at radius 3 is 1.74 bits per heavy atom. The van der Waals surface area contributed by atoms with Crippen molar-refractivity contribution < 1.29 is 9.53 Å². The summed E-state index contributed by atoms with van der Waals surface area (Å²) in [4.78, 5) is 12.0. The van der Waals surface area contributed by atoms with Crippen LogP contribution in [0.25, 0.3) is 0 Å². The lowest BCUT2D eigenvalue weighted by Gasteiger charge is -2.26. The molecule has 0 aromatic heterocycles. The molecule has 0 saturated carbocycles. The summed E-state index contributed by atoms with van der Waals surface area (Å²) in [6.07, 6.45) is 15.9. The van der Waals surface area contributed by atoms with Crippen LogP contribution in [0.3, 0.4) is 0 Å². The molecule has 0 aliphatic rings. The third-order valence-electron chi connectivity index (χ3n) is 4.69. The minimum atomic E-state index is -0.339. The topological polar surface area (TPSA) is 87.3 Å². The second-order valence-corrected chi connectivity index (χ2v) is 6.88. The molecule has 0 amide bonds. The smallest absolute Gasteiger partial charge is 0.311 e. The minimum Gasteiger partial charge on any atom is -0.469 e. The zero-order valence-electron chi connectivity index (χ0n) is 16.0. The van der Waals surface area contributed by atoms with E-state index in [2.05, 4.69) is 6.92 Å². The van der Waals surface area contributed by atoms with E-state index in [9.17, 15) is 4.79 Å². The van der Waals surface area contributed by atoms with Crippen LogP contribution >= 0.6 is 0 Å². The lowest BCUT2D eigenvalue weighted by Crippen LogP contribution is -2.30. The Hall–Kier alpha value is -0.610. The van der Waals surface area contributed by atoms with Crippen LogP contribution in [0.1, 0.15) is 97.3 Å². The molecule has 5 N–H and O–H groups in total. The van der Waals surface area contributed by atoms with Gasteiger partial charge in [-0.05, 0) is 32.7 Å². The Morgan fingerprint density at radius 2 is 1.30 bits per heavy atom. The molecule has 0 rings (SSSR count). The average Bonchev–Trinajstić information content (AvgIpc) is 2.53. The fourth-order valence-electron chi connectivity index (χ4n) is 3.07. The first-order chi connectivity index (χ1) is 10.6. The number of hydrogen-bond donors (Lipinski definition) is 2. The molecule has 4 nitrogen and oxygen atoms in total. The Morgan fingerprint density at radius 1 is 0.870 bits per heavy atom. The molecule has 0 aromatic carbocycles. The molecule has 1 unspecified atom stereocenters. The normalized spacial score (nSPS) is 13.2. The van der Waals surface area contributed by atoms with Crippen molar-refractivity contribution in [3.63, 3.8) is 0 Å². The van der Waals surface area contributed by atoms with Crippen molar-refractivity contribution in [2.24, 2.45) is 11.1 Å². The van der Waals surface area contributed by atoms with Crippen molar-refractivity contribution in [2.75, 3.05) is 13.7 Å². The van der Waals surface area contributed by atoms with Crippen LogP contribution in [-0.4, -0.2) is 19.6 Å². The highest BCUT2D eigenvalue weighted by Crippen LogP contribution is 2.31. The van der Waals surface area contributed by atoms with Crippen LogP contribution in [0.4, 0.5) is 0 Å². The standard InChI is InChI=1S/C19H39NO2.H3N/c1-4-5-6-7-8-9-10-11-12-13-15-19(2,16-14-17-20)18(21)22-3;/h4-17,20H2,1-3H3;1H3. The molecule has 0 aliphatic heterocycles. The maximum absolute atomic E-state index is 12.0. The molecule has 0 fully saturated rings. The number of methoxy groups -OCH3 is 1. The lowest BCUT2D eigenvalue weighted by atomic mass is 9.80. The zero-order valence-corrected chi connectivity index (χ0v) is 16.0. The van der Waals surface area contributed by atoms with E-state index in [0.29, 0.717) is 6.54 Å². The third-order valence-corrected chi connectivity index (χ3v) is 4.69. The molecule has 0 spiro atoms. The molecule has 0 saturated heterocycles. The molecule has 23 heavy (non-hydrogen) atoms. The van der Waals surface area contributed by atoms with E-state index in [-0.39, 0.29) is 17.5 Å². The van der Waals surface area contributed by atoms with E-state index in [0.717, 1.165) is 25.7 Å². The van der Waals surface area contributed by atoms with Gasteiger partial charge in [-0.1, -0.05) is 71.1 Å². The number of ether oxygens (including phenoxy) is 1. The highest BCUT2D eigenvalue weighted by Gasteiger charge is 2.32. The monoisotopic (exact) mass is 330 g/mol. The molecule has 0 bridgehead atoms. The van der Waals surface area contributed by atoms with Crippen molar-refractivity contribution in [1.82, 2.24) is 6.15 Å². The molecule has 4 heteroatoms. The highest BCUT2D eigenvalue weighted by molar-refractivity contribution is 5.76. The van der Waals surface area contributed by atoms with Crippen molar-refractivity contribution in [3.05, 3.63) is 0 Å². The predicted molar refractivity (Wildman–Crippen MR) is 99.9 cm³/mol. The van der Waals surface area contributed by atoms with Crippen LogP contribution in [0, 0.1) is 5.41 Å². The van der Waals surface area contributed by atoms with E-state index in [1.165, 1.54) is 64.9 Å². The van der Waals surface area contributed by atoms with Gasteiger partial charge in [-0.25, -0.2) is 0 Å². The lowest BCUT2D eigenvalue weighted by molar-refractivity contribution is -0.152. The van der Waals surface area contributed by atoms with E-state index in [1.54, 1.807) is 0 Å². The summed E-state index contributed by atoms with van der Waals surface area (Å²) in [5, 5.41) is 0. The van der Waals surface area contributed by atoms with Gasteiger partial charge in [-0.15, -0.1) is 0 Å². The number of hydrogen-bond acceptors (Lipinski definition) is 4. The van der Waals surface area contributed by atoms with Gasteiger partial charge >= 0.3 is 5.97 Å². The largest absolute Gasteiger partial charge is 0.469 e. The van der Waals surface area contributed by atoms with E-state index >= 15 is 0 Å². The summed E-state index contributed by atoms with van der Waals surface area (Å²) in [5.41, 5.74) is 5.24. The second-order valence-electron chi connectivity index (χ2n) is 6.88. The number of carbonyl (C=O) groups is 1. The molecular formula is C19H42N2O2. The summed E-state index contributed by atoms with van der Waals surface area (Å²) >= 11 is 0. The fourth-order valence-corrected chi connectivity index (χ4v) is 3.07. The Balaban J connectivity index is 0. The molecule has 0 radical (unpaired) electrons. The minimum absolute atomic E-state index is 0. The van der Waals surface area contributed by atoms with Gasteiger partial charge in [0, 0.05) is 0 Å². The summed E-state index contributed by atoms with van der Waals surface area (Å²) in [6, 6.07) is 0. The van der Waals surface area contributed by atoms with Crippen LogP contribution in [0.5, 0.6) is 0 Å². The molecular weight excluding hydrogens is 288 g/mol. The van der Waals surface area contributed by atoms with Crippen molar-refractivity contribution in [1.29, 1.82) is 0 Å². The first-order valence-corrected chi connectivity index (χ1v) is 9.39. The Kier molecular flexibility index (Phi) is 17.4. The Labute approximate surface area is 144 Å². The fraction of sp³-hybridized carbons (Fsp3) is 0.947. The molecule has 0 aliphatic carbocycles. The molecule has 0 aromatic rings. The zero-order chi connectivity index (χ0) is 16.7. The van der Waals surface area contributed by atoms with Gasteiger partial charge in [0.25, 0.3) is 0 Å². The van der Waals surface area contributed by atoms with Crippen molar-refractivity contribution >= 4 is 5.97 Å². The van der Waals surface area contributed by atoms with Crippen molar-refractivity contribution in [3.8, 4) is 0 Å². The number of rotatable bonds is 15. The van der Waals surface area contributed by atoms with Crippen LogP contribution in [-0.2, 0) is 9.53 Å². The van der Waals surface area contributed by atoms with Gasteiger partial charge in [0.1, 0.15) is 0 Å². The van der Waals surface area contributed by atoms with Gasteiger partial charge in [0.15, 0.2) is 0 Å². The summed E-state index contributed by atoms with van der Waals surface area (Å²) in [7, 11) is 1.49. The maximum atomic E-state index is 12.0. The third kappa shape index (κ3) is 12.5. The first-order valence-electron chi connectivity index (χ1n) is 9.39. The van der Waals surface area contributed by atoms with Crippen LogP contribution < -0.4 is 11.9 Å². The van der Waals surface area contributed by atoms with Gasteiger partial charge in [0.2, 0.25) is 0 Å². The maximum Gasteiger partial charge on any atom is 0.311 e. The summed E-state index contributed by atoms with van der Waals surface area (Å²) in [5.74, 6) is -0.0723. The molecule has 140 valence electrons. The van der Waals surface area contributed by atoms with Crippen molar-refractivity contribution in [2.45, 2.75) is 97.3 Å². The SMILES string of the molecule is CCCCCCCCCCCCC(C)(CCCN)C(=O)OC.N. The van der Waals surface area contributed by atoms with Gasteiger partial charge in [-0.3, -0.25) is 4.79 Å². The van der Waals surface area contributed by atoms with Gasteiger partial charge in [-0.2, -0.15) is 0 Å². The quantitative estimate of drug-likeness (QED) is 0.312. The highest BCUT2D eigenvalue weighted by atomic mass is 16.5. The average molecular weight is 331 g/mol.